The Bertz CT molecular complexity index is 878. The largest absolute Gasteiger partial charge is 0.492 e. The fourth-order valence-corrected chi connectivity index (χ4v) is 5.68. The van der Waals surface area contributed by atoms with Crippen LogP contribution >= 0.6 is 0 Å². The highest BCUT2D eigenvalue weighted by molar-refractivity contribution is 7.92. The summed E-state index contributed by atoms with van der Waals surface area (Å²) in [6.07, 6.45) is 2.19. The Balaban J connectivity index is 3.08. The number of carbonyl (C=O) groups excluding carboxylic acids is 1. The first-order valence-electron chi connectivity index (χ1n) is 9.88. The van der Waals surface area contributed by atoms with Crippen LogP contribution in [0.25, 0.3) is 0 Å². The lowest BCUT2D eigenvalue weighted by Crippen LogP contribution is -2.31. The highest BCUT2D eigenvalue weighted by Crippen LogP contribution is 2.30. The van der Waals surface area contributed by atoms with Crippen molar-refractivity contribution >= 4 is 31.5 Å². The Labute approximate surface area is 174 Å². The van der Waals surface area contributed by atoms with E-state index >= 15 is 0 Å². The van der Waals surface area contributed by atoms with E-state index in [1.165, 1.54) is 22.5 Å². The first-order valence-corrected chi connectivity index (χ1v) is 13.1. The lowest BCUT2D eigenvalue weighted by atomic mass is 10.3. The molecule has 0 radical (unpaired) electrons. The molecule has 1 N–H and O–H groups in total. The van der Waals surface area contributed by atoms with Gasteiger partial charge in [-0.15, -0.1) is 0 Å². The summed E-state index contributed by atoms with van der Waals surface area (Å²) < 4.78 is 56.7. The smallest absolute Gasteiger partial charge is 0.246 e. The molecule has 1 aromatic carbocycles. The summed E-state index contributed by atoms with van der Waals surface area (Å²) in [5.41, 5.74) is 0.202. The van der Waals surface area contributed by atoms with Gasteiger partial charge in [0.25, 0.3) is 0 Å². The van der Waals surface area contributed by atoms with Crippen LogP contribution in [-0.2, 0) is 24.7 Å². The summed E-state index contributed by atoms with van der Waals surface area (Å²) >= 11 is 0. The zero-order valence-corrected chi connectivity index (χ0v) is 19.2. The zero-order chi connectivity index (χ0) is 22.1. The lowest BCUT2D eigenvalue weighted by molar-refractivity contribution is -0.113. The van der Waals surface area contributed by atoms with Crippen LogP contribution in [0.3, 0.4) is 0 Å². The number of sulfonamides is 1. The van der Waals surface area contributed by atoms with Crippen molar-refractivity contribution in [2.45, 2.75) is 51.9 Å². The van der Waals surface area contributed by atoms with E-state index in [1.54, 1.807) is 20.8 Å². The quantitative estimate of drug-likeness (QED) is 0.465. The fourth-order valence-electron chi connectivity index (χ4n) is 2.81. The number of nitrogens with zero attached hydrogens (tertiary/aromatic N) is 1. The molecule has 10 heteroatoms. The summed E-state index contributed by atoms with van der Waals surface area (Å²) in [5, 5.41) is 2.49. The molecule has 166 valence electrons. The van der Waals surface area contributed by atoms with Crippen molar-refractivity contribution in [2.75, 3.05) is 36.5 Å². The Morgan fingerprint density at radius 2 is 1.69 bits per heavy atom. The van der Waals surface area contributed by atoms with Crippen molar-refractivity contribution in [1.29, 1.82) is 0 Å². The highest BCUT2D eigenvalue weighted by atomic mass is 32.2. The van der Waals surface area contributed by atoms with E-state index in [4.69, 9.17) is 4.74 Å². The van der Waals surface area contributed by atoms with Crippen molar-refractivity contribution in [2.24, 2.45) is 0 Å². The van der Waals surface area contributed by atoms with Gasteiger partial charge in [-0.1, -0.05) is 33.6 Å². The van der Waals surface area contributed by atoms with Crippen molar-refractivity contribution in [1.82, 2.24) is 4.31 Å². The molecule has 0 heterocycles. The maximum atomic E-state index is 12.9. The summed E-state index contributed by atoms with van der Waals surface area (Å²) in [6.45, 7) is 8.03. The number of amides is 1. The minimum absolute atomic E-state index is 0.0425. The predicted octanol–water partition coefficient (Wildman–Crippen LogP) is 2.66. The fraction of sp³-hybridized carbons (Fsp3) is 0.632. The number of carbonyl (C=O) groups is 1. The minimum Gasteiger partial charge on any atom is -0.492 e. The first kappa shape index (κ1) is 25.4. The monoisotopic (exact) mass is 448 g/mol. The SMILES string of the molecule is CCCCCS(=O)(=O)CC(=O)Nc1ccc(OCC)c(S(=O)(=O)N(CC)CC)c1. The van der Waals surface area contributed by atoms with Crippen LogP contribution < -0.4 is 10.1 Å². The van der Waals surface area contributed by atoms with Gasteiger partial charge >= 0.3 is 0 Å². The van der Waals surface area contributed by atoms with Crippen LogP contribution in [0.2, 0.25) is 0 Å². The van der Waals surface area contributed by atoms with Crippen LogP contribution in [0.15, 0.2) is 23.1 Å². The van der Waals surface area contributed by atoms with Crippen LogP contribution in [0, 0.1) is 0 Å². The second-order valence-corrected chi connectivity index (χ2v) is 10.6. The van der Waals surface area contributed by atoms with Crippen LogP contribution in [0.1, 0.15) is 47.0 Å². The molecule has 1 amide bonds. The number of anilines is 1. The first-order chi connectivity index (χ1) is 13.6. The third-order valence-electron chi connectivity index (χ3n) is 4.26. The predicted molar refractivity (Wildman–Crippen MR) is 115 cm³/mol. The molecule has 1 rings (SSSR count). The molecule has 0 fully saturated rings. The molecule has 1 aromatic rings. The molecule has 0 bridgehead atoms. The topological polar surface area (TPSA) is 110 Å². The van der Waals surface area contributed by atoms with E-state index in [9.17, 15) is 21.6 Å². The summed E-state index contributed by atoms with van der Waals surface area (Å²) in [4.78, 5) is 12.1. The van der Waals surface area contributed by atoms with Gasteiger partial charge in [0.2, 0.25) is 15.9 Å². The van der Waals surface area contributed by atoms with Crippen molar-refractivity contribution < 1.29 is 26.4 Å². The second kappa shape index (κ2) is 11.5. The molecule has 0 aromatic heterocycles. The van der Waals surface area contributed by atoms with Gasteiger partial charge in [0.05, 0.1) is 12.4 Å². The number of ether oxygens (including phenoxy) is 1. The van der Waals surface area contributed by atoms with E-state index in [2.05, 4.69) is 5.32 Å². The van der Waals surface area contributed by atoms with E-state index < -0.39 is 31.5 Å². The molecular formula is C19H32N2O6S2. The summed E-state index contributed by atoms with van der Waals surface area (Å²) in [5.74, 6) is -1.19. The Hall–Kier alpha value is -1.65. The van der Waals surface area contributed by atoms with Gasteiger partial charge < -0.3 is 10.1 Å². The molecule has 0 saturated heterocycles. The van der Waals surface area contributed by atoms with Gasteiger partial charge in [0, 0.05) is 18.8 Å². The number of rotatable bonds is 13. The molecule has 8 nitrogen and oxygen atoms in total. The van der Waals surface area contributed by atoms with E-state index in [-0.39, 0.29) is 41.8 Å². The number of unbranched alkanes of at least 4 members (excludes halogenated alkanes) is 2. The number of nitrogens with one attached hydrogen (secondary N) is 1. The molecule has 0 unspecified atom stereocenters. The molecule has 0 aliphatic heterocycles. The maximum absolute atomic E-state index is 12.9. The Kier molecular flexibility index (Phi) is 10.1. The highest BCUT2D eigenvalue weighted by Gasteiger charge is 2.26. The van der Waals surface area contributed by atoms with E-state index in [0.29, 0.717) is 6.42 Å². The average Bonchev–Trinajstić information content (AvgIpc) is 2.63. The third-order valence-corrected chi connectivity index (χ3v) is 7.94. The molecule has 0 spiro atoms. The lowest BCUT2D eigenvalue weighted by Gasteiger charge is -2.21. The molecule has 0 atom stereocenters. The number of hydrogen-bond donors (Lipinski definition) is 1. The van der Waals surface area contributed by atoms with Crippen molar-refractivity contribution in [3.05, 3.63) is 18.2 Å². The molecular weight excluding hydrogens is 416 g/mol. The van der Waals surface area contributed by atoms with Gasteiger partial charge in [0.15, 0.2) is 9.84 Å². The van der Waals surface area contributed by atoms with Gasteiger partial charge in [-0.2, -0.15) is 4.31 Å². The van der Waals surface area contributed by atoms with Crippen LogP contribution in [-0.4, -0.2) is 58.3 Å². The number of benzene rings is 1. The number of sulfone groups is 1. The third kappa shape index (κ3) is 7.60. The number of hydrogen-bond acceptors (Lipinski definition) is 6. The zero-order valence-electron chi connectivity index (χ0n) is 17.6. The minimum atomic E-state index is -3.82. The van der Waals surface area contributed by atoms with Gasteiger partial charge in [-0.3, -0.25) is 4.79 Å². The van der Waals surface area contributed by atoms with E-state index in [1.807, 2.05) is 6.92 Å². The molecule has 0 saturated carbocycles. The van der Waals surface area contributed by atoms with Crippen LogP contribution in [0.5, 0.6) is 5.75 Å². The summed E-state index contributed by atoms with van der Waals surface area (Å²) in [6, 6.07) is 4.26. The van der Waals surface area contributed by atoms with Gasteiger partial charge in [-0.05, 0) is 31.5 Å². The average molecular weight is 449 g/mol. The molecule has 29 heavy (non-hydrogen) atoms. The summed E-state index contributed by atoms with van der Waals surface area (Å²) in [7, 11) is -7.34. The maximum Gasteiger partial charge on any atom is 0.246 e. The second-order valence-electron chi connectivity index (χ2n) is 6.53. The Morgan fingerprint density at radius 3 is 2.24 bits per heavy atom. The Morgan fingerprint density at radius 1 is 1.03 bits per heavy atom. The molecule has 0 aliphatic carbocycles. The van der Waals surface area contributed by atoms with Gasteiger partial charge in [-0.25, -0.2) is 16.8 Å². The van der Waals surface area contributed by atoms with Crippen LogP contribution in [0.4, 0.5) is 5.69 Å². The normalized spacial score (nSPS) is 12.2. The van der Waals surface area contributed by atoms with Crippen molar-refractivity contribution in [3.63, 3.8) is 0 Å². The van der Waals surface area contributed by atoms with Crippen molar-refractivity contribution in [3.8, 4) is 5.75 Å². The standard InChI is InChI=1S/C19H32N2O6S2/c1-5-9-10-13-28(23,24)15-19(22)20-16-11-12-17(27-8-4)18(14-16)29(25,26)21(6-2)7-3/h11-12,14H,5-10,13,15H2,1-4H3,(H,20,22). The van der Waals surface area contributed by atoms with Gasteiger partial charge in [0.1, 0.15) is 16.4 Å². The van der Waals surface area contributed by atoms with E-state index in [0.717, 1.165) is 12.8 Å². The molecule has 0 aliphatic rings.